The summed E-state index contributed by atoms with van der Waals surface area (Å²) in [7, 11) is 0. The van der Waals surface area contributed by atoms with Crippen molar-refractivity contribution in [2.24, 2.45) is 4.99 Å². The van der Waals surface area contributed by atoms with Crippen LogP contribution in [0.3, 0.4) is 0 Å². The Labute approximate surface area is 189 Å². The highest BCUT2D eigenvalue weighted by atomic mass is 79.9. The van der Waals surface area contributed by atoms with Gasteiger partial charge in [-0.1, -0.05) is 45.5 Å². The van der Waals surface area contributed by atoms with Gasteiger partial charge in [-0.15, -0.1) is 10.2 Å². The molecule has 0 saturated heterocycles. The second kappa shape index (κ2) is 8.20. The Hall–Kier alpha value is -3.10. The predicted molar refractivity (Wildman–Crippen MR) is 128 cm³/mol. The first-order valence-corrected chi connectivity index (χ1v) is 11.3. The molecular weight excluding hydrogens is 476 g/mol. The number of hydrogen-bond acceptors (Lipinski definition) is 6. The van der Waals surface area contributed by atoms with Crippen LogP contribution in [0.1, 0.15) is 23.1 Å². The van der Waals surface area contributed by atoms with Crippen LogP contribution in [0.5, 0.6) is 0 Å². The lowest BCUT2D eigenvalue weighted by molar-refractivity contribution is 0.559. The van der Waals surface area contributed by atoms with E-state index in [1.54, 1.807) is 19.1 Å². The van der Waals surface area contributed by atoms with E-state index in [1.807, 2.05) is 30.5 Å². The van der Waals surface area contributed by atoms with Crippen LogP contribution in [0.2, 0.25) is 0 Å². The van der Waals surface area contributed by atoms with E-state index in [4.69, 9.17) is 4.42 Å². The number of hydrogen-bond donors (Lipinski definition) is 1. The Morgan fingerprint density at radius 2 is 2.03 bits per heavy atom. The average molecular weight is 493 g/mol. The second-order valence-electron chi connectivity index (χ2n) is 7.16. The number of benzene rings is 2. The molecule has 0 fully saturated rings. The molecule has 31 heavy (non-hydrogen) atoms. The van der Waals surface area contributed by atoms with Crippen molar-refractivity contribution in [1.29, 1.82) is 0 Å². The summed E-state index contributed by atoms with van der Waals surface area (Å²) >= 11 is 4.88. The number of aryl methyl sites for hydroxylation is 2. The third-order valence-corrected chi connectivity index (χ3v) is 6.46. The van der Waals surface area contributed by atoms with Gasteiger partial charge in [0.25, 0.3) is 0 Å². The van der Waals surface area contributed by atoms with E-state index in [1.165, 1.54) is 22.3 Å². The molecule has 6 nitrogen and oxygen atoms in total. The molecule has 5 aromatic rings. The first kappa shape index (κ1) is 19.8. The summed E-state index contributed by atoms with van der Waals surface area (Å²) in [6, 6.07) is 15.6. The smallest absolute Gasteiger partial charge is 0.345 e. The lowest BCUT2D eigenvalue weighted by Gasteiger charge is -2.02. The molecule has 0 saturated carbocycles. The maximum atomic E-state index is 12.4. The van der Waals surface area contributed by atoms with Crippen molar-refractivity contribution in [2.45, 2.75) is 19.8 Å². The molecule has 0 unspecified atom stereocenters. The third kappa shape index (κ3) is 4.08. The first-order valence-electron chi connectivity index (χ1n) is 9.73. The minimum atomic E-state index is -0.417. The van der Waals surface area contributed by atoms with Crippen LogP contribution in [-0.4, -0.2) is 20.9 Å². The largest absolute Gasteiger partial charge is 0.422 e. The number of halogens is 1. The van der Waals surface area contributed by atoms with Gasteiger partial charge in [-0.05, 0) is 49.2 Å². The SMILES string of the molecule is CC(=Nc1nnc(CCc2c[nH]c3ccccc23)s1)c1cc2cc(Br)ccc2oc1=O. The Bertz CT molecular complexity index is 1500. The molecule has 0 spiro atoms. The summed E-state index contributed by atoms with van der Waals surface area (Å²) < 4.78 is 6.35. The summed E-state index contributed by atoms with van der Waals surface area (Å²) in [6.07, 6.45) is 3.69. The van der Waals surface area contributed by atoms with Gasteiger partial charge in [0.1, 0.15) is 10.6 Å². The van der Waals surface area contributed by atoms with Gasteiger partial charge in [-0.3, -0.25) is 0 Å². The van der Waals surface area contributed by atoms with Crippen LogP contribution in [0.25, 0.3) is 21.9 Å². The van der Waals surface area contributed by atoms with Gasteiger partial charge in [-0.2, -0.15) is 0 Å². The quantitative estimate of drug-likeness (QED) is 0.247. The maximum Gasteiger partial charge on any atom is 0.345 e. The third-order valence-electron chi connectivity index (χ3n) is 5.09. The molecule has 0 bridgehead atoms. The van der Waals surface area contributed by atoms with Crippen molar-refractivity contribution < 1.29 is 4.42 Å². The van der Waals surface area contributed by atoms with Crippen LogP contribution in [-0.2, 0) is 12.8 Å². The highest BCUT2D eigenvalue weighted by molar-refractivity contribution is 9.10. The van der Waals surface area contributed by atoms with Gasteiger partial charge in [0.15, 0.2) is 0 Å². The minimum Gasteiger partial charge on any atom is -0.422 e. The Morgan fingerprint density at radius 3 is 2.94 bits per heavy atom. The van der Waals surface area contributed by atoms with Crippen molar-refractivity contribution in [3.63, 3.8) is 0 Å². The molecule has 2 aromatic carbocycles. The summed E-state index contributed by atoms with van der Waals surface area (Å²) in [5.41, 5.74) is 3.49. The lowest BCUT2D eigenvalue weighted by atomic mass is 10.1. The number of aromatic nitrogens is 3. The average Bonchev–Trinajstić information content (AvgIpc) is 3.38. The molecule has 5 rings (SSSR count). The van der Waals surface area contributed by atoms with E-state index in [0.717, 1.165) is 33.2 Å². The van der Waals surface area contributed by atoms with E-state index in [2.05, 4.69) is 48.2 Å². The van der Waals surface area contributed by atoms with Crippen LogP contribution in [0.4, 0.5) is 5.13 Å². The van der Waals surface area contributed by atoms with Crippen molar-refractivity contribution in [3.05, 3.63) is 85.8 Å². The summed E-state index contributed by atoms with van der Waals surface area (Å²) in [5.74, 6) is 0. The highest BCUT2D eigenvalue weighted by Gasteiger charge is 2.11. The molecule has 0 aliphatic rings. The zero-order valence-electron chi connectivity index (χ0n) is 16.6. The first-order chi connectivity index (χ1) is 15.1. The number of para-hydroxylation sites is 1. The van der Waals surface area contributed by atoms with Crippen LogP contribution < -0.4 is 5.63 Å². The van der Waals surface area contributed by atoms with Gasteiger partial charge in [0.2, 0.25) is 5.13 Å². The van der Waals surface area contributed by atoms with Crippen LogP contribution in [0.15, 0.2) is 73.4 Å². The Kier molecular flexibility index (Phi) is 5.25. The molecule has 0 aliphatic carbocycles. The normalized spacial score (nSPS) is 12.1. The number of rotatable bonds is 5. The minimum absolute atomic E-state index is 0.417. The molecule has 1 N–H and O–H groups in total. The number of aliphatic imine (C=N–C) groups is 1. The molecule has 3 aromatic heterocycles. The van der Waals surface area contributed by atoms with E-state index in [0.29, 0.717) is 22.0 Å². The monoisotopic (exact) mass is 492 g/mol. The fourth-order valence-electron chi connectivity index (χ4n) is 3.52. The second-order valence-corrected chi connectivity index (χ2v) is 9.12. The molecule has 8 heteroatoms. The fourth-order valence-corrected chi connectivity index (χ4v) is 4.66. The number of nitrogens with zero attached hydrogens (tertiary/aromatic N) is 3. The topological polar surface area (TPSA) is 84.1 Å². The standard InChI is InChI=1S/C23H17BrN4O2S/c1-13(18-11-15-10-16(24)7-8-20(15)30-22(18)29)26-23-28-27-21(31-23)9-6-14-12-25-19-5-3-2-4-17(14)19/h2-5,7-8,10-12,25H,6,9H2,1H3. The maximum absolute atomic E-state index is 12.4. The van der Waals surface area contributed by atoms with E-state index in [-0.39, 0.29) is 0 Å². The molecule has 3 heterocycles. The molecule has 0 radical (unpaired) electrons. The summed E-state index contributed by atoms with van der Waals surface area (Å²) in [5, 5.41) is 12.0. The van der Waals surface area contributed by atoms with E-state index >= 15 is 0 Å². The van der Waals surface area contributed by atoms with E-state index in [9.17, 15) is 4.79 Å². The van der Waals surface area contributed by atoms with Crippen molar-refractivity contribution in [2.75, 3.05) is 0 Å². The fraction of sp³-hybridized carbons (Fsp3) is 0.130. The molecule has 154 valence electrons. The zero-order valence-corrected chi connectivity index (χ0v) is 19.0. The van der Waals surface area contributed by atoms with Gasteiger partial charge in [0.05, 0.1) is 11.3 Å². The van der Waals surface area contributed by atoms with Crippen LogP contribution >= 0.6 is 27.3 Å². The summed E-state index contributed by atoms with van der Waals surface area (Å²) in [6.45, 7) is 1.78. The van der Waals surface area contributed by atoms with Gasteiger partial charge in [0, 0.05) is 33.4 Å². The molecule has 0 atom stereocenters. The van der Waals surface area contributed by atoms with Gasteiger partial charge >= 0.3 is 5.63 Å². The molecular formula is C23H17BrN4O2S. The predicted octanol–water partition coefficient (Wildman–Crippen LogP) is 5.81. The van der Waals surface area contributed by atoms with Gasteiger partial charge in [-0.25, -0.2) is 9.79 Å². The molecule has 0 aliphatic heterocycles. The summed E-state index contributed by atoms with van der Waals surface area (Å²) in [4.78, 5) is 20.2. The van der Waals surface area contributed by atoms with E-state index < -0.39 is 5.63 Å². The van der Waals surface area contributed by atoms with Gasteiger partial charge < -0.3 is 9.40 Å². The number of H-pyrrole nitrogens is 1. The van der Waals surface area contributed by atoms with Crippen molar-refractivity contribution in [3.8, 4) is 0 Å². The Morgan fingerprint density at radius 1 is 1.16 bits per heavy atom. The molecule has 0 amide bonds. The highest BCUT2D eigenvalue weighted by Crippen LogP contribution is 2.24. The van der Waals surface area contributed by atoms with Crippen LogP contribution in [0, 0.1) is 0 Å². The Balaban J connectivity index is 1.36. The number of aromatic amines is 1. The number of fused-ring (bicyclic) bond motifs is 2. The zero-order chi connectivity index (χ0) is 21.4. The lowest BCUT2D eigenvalue weighted by Crippen LogP contribution is -2.11. The van der Waals surface area contributed by atoms with Crippen molar-refractivity contribution in [1.82, 2.24) is 15.2 Å². The number of nitrogens with one attached hydrogen (secondary N) is 1. The van der Waals surface area contributed by atoms with Crippen molar-refractivity contribution >= 4 is 60.0 Å².